The Hall–Kier alpha value is -4.16. The van der Waals surface area contributed by atoms with Gasteiger partial charge in [-0.05, 0) is 24.6 Å². The average Bonchev–Trinajstić information content (AvgIpc) is 3.64. The number of pyridine rings is 1. The van der Waals surface area contributed by atoms with E-state index in [4.69, 9.17) is 24.3 Å². The summed E-state index contributed by atoms with van der Waals surface area (Å²) in [4.78, 5) is 23.1. The smallest absolute Gasteiger partial charge is 0.323 e. The monoisotopic (exact) mass is 560 g/mol. The fraction of sp³-hybridized carbons (Fsp3) is 0.448. The Balaban J connectivity index is 1.18. The van der Waals surface area contributed by atoms with Crippen LogP contribution < -0.4 is 15.4 Å². The van der Waals surface area contributed by atoms with Crippen molar-refractivity contribution < 1.29 is 19.0 Å². The predicted octanol–water partition coefficient (Wildman–Crippen LogP) is 4.82. The van der Waals surface area contributed by atoms with Gasteiger partial charge in [-0.25, -0.2) is 14.8 Å². The number of carbonyl (C=O) groups is 1. The van der Waals surface area contributed by atoms with Crippen molar-refractivity contribution in [3.8, 4) is 11.5 Å². The maximum Gasteiger partial charge on any atom is 0.323 e. The summed E-state index contributed by atoms with van der Waals surface area (Å²) in [6, 6.07) is 11.3. The lowest BCUT2D eigenvalue weighted by Crippen LogP contribution is -2.55. The van der Waals surface area contributed by atoms with Crippen LogP contribution in [-0.2, 0) is 21.9 Å². The molecular weight excluding hydrogens is 524 g/mol. The number of likely N-dealkylation sites (tertiary alicyclic amines) is 1. The van der Waals surface area contributed by atoms with E-state index in [2.05, 4.69) is 47.1 Å². The number of hydrogen-bond donors (Lipinski definition) is 2. The first-order valence-corrected chi connectivity index (χ1v) is 13.8. The number of nitrogens with zero attached hydrogens (tertiary/aromatic N) is 6. The minimum atomic E-state index is -0.213. The number of aromatic nitrogens is 5. The molecule has 0 spiro atoms. The predicted molar refractivity (Wildman–Crippen MR) is 155 cm³/mol. The maximum absolute atomic E-state index is 12.4. The lowest BCUT2D eigenvalue weighted by molar-refractivity contribution is -0.00467. The molecule has 2 saturated heterocycles. The first kappa shape index (κ1) is 27.0. The standard InChI is InChI=1S/C29H36N8O4/c1-29(2,3)24-14-26(34-37(24)18-9-11-40-17-18)32-27-31-22-7-6-19(12-23(22)35(27)4)41-20-8-10-30-25(13-20)33-28(38)36-15-21(16-36)39-5/h6-8,10,12-14,18,21H,9,11,15-17H2,1-5H3,(H,30,33,38)(H,31,32,34)/t18-/m1/s1. The van der Waals surface area contributed by atoms with Crippen molar-refractivity contribution in [2.75, 3.05) is 44.0 Å². The molecule has 0 unspecified atom stereocenters. The lowest BCUT2D eigenvalue weighted by atomic mass is 9.91. The highest BCUT2D eigenvalue weighted by molar-refractivity contribution is 5.89. The van der Waals surface area contributed by atoms with Crippen molar-refractivity contribution >= 4 is 34.6 Å². The van der Waals surface area contributed by atoms with Gasteiger partial charge in [-0.1, -0.05) is 20.8 Å². The molecule has 216 valence electrons. The average molecular weight is 561 g/mol. The number of ether oxygens (including phenoxy) is 3. The highest BCUT2D eigenvalue weighted by Crippen LogP contribution is 2.33. The molecule has 0 aliphatic carbocycles. The highest BCUT2D eigenvalue weighted by atomic mass is 16.5. The summed E-state index contributed by atoms with van der Waals surface area (Å²) in [5, 5.41) is 11.1. The van der Waals surface area contributed by atoms with Crippen LogP contribution in [0.5, 0.6) is 11.5 Å². The third-order valence-corrected chi connectivity index (χ3v) is 7.52. The number of amides is 2. The van der Waals surface area contributed by atoms with E-state index in [-0.39, 0.29) is 23.6 Å². The number of aryl methyl sites for hydroxylation is 1. The molecule has 2 N–H and O–H groups in total. The van der Waals surface area contributed by atoms with Crippen molar-refractivity contribution in [1.82, 2.24) is 29.2 Å². The molecule has 0 saturated carbocycles. The van der Waals surface area contributed by atoms with Gasteiger partial charge < -0.3 is 29.0 Å². The number of hydrogen-bond acceptors (Lipinski definition) is 8. The molecule has 3 aromatic heterocycles. The van der Waals surface area contributed by atoms with Gasteiger partial charge in [-0.3, -0.25) is 10.00 Å². The molecule has 12 heteroatoms. The first-order valence-electron chi connectivity index (χ1n) is 13.8. The third-order valence-electron chi connectivity index (χ3n) is 7.52. The second kappa shape index (κ2) is 10.7. The molecule has 1 aromatic carbocycles. The number of imidazole rings is 1. The van der Waals surface area contributed by atoms with Crippen LogP contribution in [0.4, 0.5) is 22.4 Å². The number of nitrogens with one attached hydrogen (secondary N) is 2. The maximum atomic E-state index is 12.4. The van der Waals surface area contributed by atoms with Crippen LogP contribution in [0.25, 0.3) is 11.0 Å². The topological polar surface area (TPSA) is 121 Å². The number of anilines is 3. The van der Waals surface area contributed by atoms with Gasteiger partial charge >= 0.3 is 6.03 Å². The number of benzene rings is 1. The quantitative estimate of drug-likeness (QED) is 0.330. The summed E-state index contributed by atoms with van der Waals surface area (Å²) in [5.41, 5.74) is 2.82. The van der Waals surface area contributed by atoms with E-state index >= 15 is 0 Å². The van der Waals surface area contributed by atoms with Crippen molar-refractivity contribution in [2.24, 2.45) is 7.05 Å². The molecule has 2 aliphatic heterocycles. The van der Waals surface area contributed by atoms with Crippen molar-refractivity contribution in [1.29, 1.82) is 0 Å². The molecule has 4 aromatic rings. The van der Waals surface area contributed by atoms with E-state index in [0.29, 0.717) is 43.0 Å². The normalized spacial score (nSPS) is 17.6. The van der Waals surface area contributed by atoms with E-state index in [0.717, 1.165) is 35.6 Å². The third kappa shape index (κ3) is 5.57. The van der Waals surface area contributed by atoms with Gasteiger partial charge in [0, 0.05) is 56.3 Å². The number of rotatable bonds is 7. The summed E-state index contributed by atoms with van der Waals surface area (Å²) in [7, 11) is 3.60. The molecule has 5 heterocycles. The SMILES string of the molecule is COC1CN(C(=O)Nc2cc(Oc3ccc4nc(Nc5cc(C(C)(C)C)n([C@@H]6CCOC6)n5)n(C)c4c3)ccn2)C1. The first-order chi connectivity index (χ1) is 19.7. The van der Waals surface area contributed by atoms with E-state index in [1.165, 1.54) is 0 Å². The molecule has 2 aliphatic rings. The Bertz CT molecular complexity index is 1560. The zero-order valence-electron chi connectivity index (χ0n) is 24.0. The van der Waals surface area contributed by atoms with Crippen molar-refractivity contribution in [2.45, 2.75) is 44.8 Å². The molecule has 41 heavy (non-hydrogen) atoms. The molecule has 0 radical (unpaired) electrons. The summed E-state index contributed by atoms with van der Waals surface area (Å²) >= 11 is 0. The van der Waals surface area contributed by atoms with Crippen molar-refractivity contribution in [3.63, 3.8) is 0 Å². The number of carbonyl (C=O) groups excluding carboxylic acids is 1. The van der Waals surface area contributed by atoms with E-state index in [1.807, 2.05) is 29.8 Å². The molecule has 2 fully saturated rings. The van der Waals surface area contributed by atoms with E-state index < -0.39 is 0 Å². The van der Waals surface area contributed by atoms with Crippen LogP contribution >= 0.6 is 0 Å². The van der Waals surface area contributed by atoms with Crippen molar-refractivity contribution in [3.05, 3.63) is 48.3 Å². The molecule has 1 atom stereocenters. The van der Waals surface area contributed by atoms with Crippen LogP contribution in [0.15, 0.2) is 42.6 Å². The van der Waals surface area contributed by atoms with Gasteiger partial charge in [-0.2, -0.15) is 5.10 Å². The van der Waals surface area contributed by atoms with Crippen LogP contribution in [0, 0.1) is 0 Å². The minimum Gasteiger partial charge on any atom is -0.457 e. The minimum absolute atomic E-state index is 0.0638. The van der Waals surface area contributed by atoms with Gasteiger partial charge in [0.25, 0.3) is 0 Å². The van der Waals surface area contributed by atoms with Gasteiger partial charge in [0.05, 0.1) is 42.9 Å². The molecule has 6 rings (SSSR count). The number of fused-ring (bicyclic) bond motifs is 1. The molecule has 2 amide bonds. The number of urea groups is 1. The van der Waals surface area contributed by atoms with Gasteiger partial charge in [0.15, 0.2) is 5.82 Å². The summed E-state index contributed by atoms with van der Waals surface area (Å²) < 4.78 is 21.1. The Labute approximate surface area is 238 Å². The second-order valence-electron chi connectivity index (χ2n) is 11.6. The highest BCUT2D eigenvalue weighted by Gasteiger charge is 2.31. The van der Waals surface area contributed by atoms with Gasteiger partial charge in [0.2, 0.25) is 5.95 Å². The Morgan fingerprint density at radius 2 is 1.90 bits per heavy atom. The molecule has 12 nitrogen and oxygen atoms in total. The largest absolute Gasteiger partial charge is 0.457 e. The van der Waals surface area contributed by atoms with Gasteiger partial charge in [-0.15, -0.1) is 0 Å². The zero-order valence-corrected chi connectivity index (χ0v) is 24.0. The van der Waals surface area contributed by atoms with Crippen LogP contribution in [0.3, 0.4) is 0 Å². The van der Waals surface area contributed by atoms with E-state index in [1.54, 1.807) is 30.3 Å². The van der Waals surface area contributed by atoms with Crippen LogP contribution in [0.1, 0.15) is 38.9 Å². The lowest BCUT2D eigenvalue weighted by Gasteiger charge is -2.37. The molecular formula is C29H36N8O4. The van der Waals surface area contributed by atoms with E-state index in [9.17, 15) is 4.79 Å². The second-order valence-corrected chi connectivity index (χ2v) is 11.6. The fourth-order valence-electron chi connectivity index (χ4n) is 5.09. The summed E-state index contributed by atoms with van der Waals surface area (Å²) in [6.45, 7) is 9.15. The Kier molecular flexibility index (Phi) is 7.04. The van der Waals surface area contributed by atoms with Crippen LogP contribution in [-0.4, -0.2) is 74.8 Å². The zero-order chi connectivity index (χ0) is 28.7. The van der Waals surface area contributed by atoms with Gasteiger partial charge in [0.1, 0.15) is 17.3 Å². The fourth-order valence-corrected chi connectivity index (χ4v) is 5.09. The Morgan fingerprint density at radius 3 is 2.63 bits per heavy atom. The summed E-state index contributed by atoms with van der Waals surface area (Å²) in [5.74, 6) is 3.05. The number of methoxy groups -OCH3 is 1. The Morgan fingerprint density at radius 1 is 1.10 bits per heavy atom. The molecule has 0 bridgehead atoms. The van der Waals surface area contributed by atoms with Crippen LogP contribution in [0.2, 0.25) is 0 Å². The summed E-state index contributed by atoms with van der Waals surface area (Å²) in [6.07, 6.45) is 2.65.